The topological polar surface area (TPSA) is 55.6 Å². The largest absolute Gasteiger partial charge is 0.465 e. The molecule has 0 aliphatic rings. The van der Waals surface area contributed by atoms with Gasteiger partial charge in [-0.2, -0.15) is 11.8 Å². The van der Waals surface area contributed by atoms with E-state index in [2.05, 4.69) is 18.1 Å². The first-order valence-electron chi connectivity index (χ1n) is 6.24. The average Bonchev–Trinajstić information content (AvgIpc) is 2.43. The van der Waals surface area contributed by atoms with Gasteiger partial charge < -0.3 is 15.4 Å². The molecule has 0 amide bonds. The quantitative estimate of drug-likeness (QED) is 0.642. The van der Waals surface area contributed by atoms with E-state index in [0.717, 1.165) is 17.9 Å². The van der Waals surface area contributed by atoms with Gasteiger partial charge in [0.05, 0.1) is 12.7 Å². The number of nitrogen functional groups attached to an aromatic ring is 1. The van der Waals surface area contributed by atoms with E-state index in [1.807, 2.05) is 24.9 Å². The molecule has 1 rings (SSSR count). The number of rotatable bonds is 6. The van der Waals surface area contributed by atoms with Crippen LogP contribution in [0.25, 0.3) is 0 Å². The standard InChI is InChI=1S/C14H22N2O2S/c1-5-10(9-19-4)16(2)11-6-7-13(15)12(8-11)14(17)18-3/h6-8,10H,5,9,15H2,1-4H3. The van der Waals surface area contributed by atoms with Gasteiger partial charge >= 0.3 is 5.97 Å². The highest BCUT2D eigenvalue weighted by atomic mass is 32.2. The molecular weight excluding hydrogens is 260 g/mol. The second-order valence-electron chi connectivity index (χ2n) is 4.39. The summed E-state index contributed by atoms with van der Waals surface area (Å²) in [5.41, 5.74) is 7.66. The zero-order valence-corrected chi connectivity index (χ0v) is 12.8. The maximum atomic E-state index is 11.6. The van der Waals surface area contributed by atoms with Crippen molar-refractivity contribution in [2.45, 2.75) is 19.4 Å². The van der Waals surface area contributed by atoms with Gasteiger partial charge in [-0.05, 0) is 30.9 Å². The summed E-state index contributed by atoms with van der Waals surface area (Å²) in [4.78, 5) is 13.8. The number of anilines is 2. The number of carbonyl (C=O) groups is 1. The van der Waals surface area contributed by atoms with E-state index in [4.69, 9.17) is 10.5 Å². The molecule has 0 bridgehead atoms. The van der Waals surface area contributed by atoms with Crippen LogP contribution in [-0.4, -0.2) is 38.2 Å². The number of esters is 1. The first-order chi connectivity index (χ1) is 9.04. The van der Waals surface area contributed by atoms with Crippen molar-refractivity contribution in [3.63, 3.8) is 0 Å². The van der Waals surface area contributed by atoms with Crippen molar-refractivity contribution in [3.8, 4) is 0 Å². The highest BCUT2D eigenvalue weighted by Gasteiger charge is 2.16. The van der Waals surface area contributed by atoms with Gasteiger partial charge in [0.25, 0.3) is 0 Å². The van der Waals surface area contributed by atoms with Crippen molar-refractivity contribution in [2.75, 3.05) is 36.8 Å². The summed E-state index contributed by atoms with van der Waals surface area (Å²) in [6.45, 7) is 2.16. The van der Waals surface area contributed by atoms with Gasteiger partial charge in [-0.15, -0.1) is 0 Å². The number of hydrogen-bond acceptors (Lipinski definition) is 5. The monoisotopic (exact) mass is 282 g/mol. The summed E-state index contributed by atoms with van der Waals surface area (Å²) in [7, 11) is 3.40. The Morgan fingerprint density at radius 2 is 2.21 bits per heavy atom. The number of carbonyl (C=O) groups excluding carboxylic acids is 1. The van der Waals surface area contributed by atoms with Crippen molar-refractivity contribution in [1.82, 2.24) is 0 Å². The van der Waals surface area contributed by atoms with Crippen LogP contribution in [0, 0.1) is 0 Å². The maximum absolute atomic E-state index is 11.6. The number of thioether (sulfide) groups is 1. The molecule has 0 radical (unpaired) electrons. The minimum absolute atomic E-state index is 0.398. The van der Waals surface area contributed by atoms with Gasteiger partial charge in [-0.3, -0.25) is 0 Å². The number of ether oxygens (including phenoxy) is 1. The number of benzene rings is 1. The van der Waals surface area contributed by atoms with E-state index in [9.17, 15) is 4.79 Å². The molecule has 1 aromatic carbocycles. The molecule has 0 heterocycles. The molecule has 0 fully saturated rings. The minimum atomic E-state index is -0.398. The summed E-state index contributed by atoms with van der Waals surface area (Å²) < 4.78 is 4.74. The molecule has 4 nitrogen and oxygen atoms in total. The van der Waals surface area contributed by atoms with E-state index in [-0.39, 0.29) is 0 Å². The smallest absolute Gasteiger partial charge is 0.340 e. The summed E-state index contributed by atoms with van der Waals surface area (Å²) in [5, 5.41) is 0. The Balaban J connectivity index is 3.03. The van der Waals surface area contributed by atoms with Crippen LogP contribution in [0.5, 0.6) is 0 Å². The normalized spacial score (nSPS) is 12.0. The second kappa shape index (κ2) is 7.28. The van der Waals surface area contributed by atoms with Crippen LogP contribution in [0.2, 0.25) is 0 Å². The van der Waals surface area contributed by atoms with Gasteiger partial charge in [-0.25, -0.2) is 4.79 Å². The number of methoxy groups -OCH3 is 1. The summed E-state index contributed by atoms with van der Waals surface area (Å²) >= 11 is 1.82. The summed E-state index contributed by atoms with van der Waals surface area (Å²) in [6.07, 6.45) is 3.15. The summed E-state index contributed by atoms with van der Waals surface area (Å²) in [6, 6.07) is 5.92. The fraction of sp³-hybridized carbons (Fsp3) is 0.500. The van der Waals surface area contributed by atoms with Gasteiger partial charge in [0.15, 0.2) is 0 Å². The van der Waals surface area contributed by atoms with E-state index in [0.29, 0.717) is 17.3 Å². The molecule has 19 heavy (non-hydrogen) atoms. The highest BCUT2D eigenvalue weighted by Crippen LogP contribution is 2.24. The van der Waals surface area contributed by atoms with Crippen molar-refractivity contribution in [1.29, 1.82) is 0 Å². The molecule has 106 valence electrons. The zero-order chi connectivity index (χ0) is 14.4. The number of hydrogen-bond donors (Lipinski definition) is 1. The van der Waals surface area contributed by atoms with Crippen LogP contribution in [0.1, 0.15) is 23.7 Å². The molecule has 0 aliphatic heterocycles. The lowest BCUT2D eigenvalue weighted by Crippen LogP contribution is -2.33. The third kappa shape index (κ3) is 3.80. The van der Waals surface area contributed by atoms with Gasteiger partial charge in [0.1, 0.15) is 0 Å². The molecule has 1 atom stereocenters. The predicted molar refractivity (Wildman–Crippen MR) is 83.1 cm³/mol. The Bertz CT molecular complexity index is 437. The lowest BCUT2D eigenvalue weighted by Gasteiger charge is -2.29. The van der Waals surface area contributed by atoms with Crippen LogP contribution < -0.4 is 10.6 Å². The molecule has 0 spiro atoms. The van der Waals surface area contributed by atoms with Crippen molar-refractivity contribution < 1.29 is 9.53 Å². The molecule has 0 aromatic heterocycles. The van der Waals surface area contributed by atoms with Gasteiger partial charge in [-0.1, -0.05) is 6.92 Å². The predicted octanol–water partition coefficient (Wildman–Crippen LogP) is 2.63. The highest BCUT2D eigenvalue weighted by molar-refractivity contribution is 7.98. The average molecular weight is 282 g/mol. The van der Waals surface area contributed by atoms with Crippen LogP contribution in [0.4, 0.5) is 11.4 Å². The van der Waals surface area contributed by atoms with Crippen molar-refractivity contribution >= 4 is 29.1 Å². The SMILES string of the molecule is CCC(CSC)N(C)c1ccc(N)c(C(=O)OC)c1. The molecule has 0 saturated heterocycles. The van der Waals surface area contributed by atoms with Gasteiger partial charge in [0.2, 0.25) is 0 Å². The van der Waals surface area contributed by atoms with Crippen LogP contribution in [0.3, 0.4) is 0 Å². The molecule has 0 saturated carbocycles. The molecule has 1 unspecified atom stereocenters. The van der Waals surface area contributed by atoms with Crippen LogP contribution in [0.15, 0.2) is 18.2 Å². The van der Waals surface area contributed by atoms with Crippen LogP contribution in [-0.2, 0) is 4.74 Å². The van der Waals surface area contributed by atoms with E-state index in [1.54, 1.807) is 12.1 Å². The molecule has 0 aliphatic carbocycles. The van der Waals surface area contributed by atoms with Crippen molar-refractivity contribution in [3.05, 3.63) is 23.8 Å². The number of nitrogens with zero attached hydrogens (tertiary/aromatic N) is 1. The molecule has 2 N–H and O–H groups in total. The minimum Gasteiger partial charge on any atom is -0.465 e. The molecular formula is C14H22N2O2S. The number of nitrogens with two attached hydrogens (primary N) is 1. The van der Waals surface area contributed by atoms with Gasteiger partial charge in [0, 0.05) is 30.2 Å². The Morgan fingerprint density at radius 1 is 1.53 bits per heavy atom. The third-order valence-electron chi connectivity index (χ3n) is 3.23. The molecule has 5 heteroatoms. The Kier molecular flexibility index (Phi) is 6.02. The van der Waals surface area contributed by atoms with Crippen molar-refractivity contribution in [2.24, 2.45) is 0 Å². The Morgan fingerprint density at radius 3 is 2.74 bits per heavy atom. The fourth-order valence-electron chi connectivity index (χ4n) is 1.96. The van der Waals surface area contributed by atoms with E-state index in [1.165, 1.54) is 7.11 Å². The Hall–Kier alpha value is -1.36. The fourth-order valence-corrected chi connectivity index (χ4v) is 2.80. The summed E-state index contributed by atoms with van der Waals surface area (Å²) in [5.74, 6) is 0.649. The third-order valence-corrected chi connectivity index (χ3v) is 3.95. The lowest BCUT2D eigenvalue weighted by atomic mass is 10.1. The second-order valence-corrected chi connectivity index (χ2v) is 5.30. The maximum Gasteiger partial charge on any atom is 0.340 e. The van der Waals surface area contributed by atoms with Crippen LogP contribution >= 0.6 is 11.8 Å². The first kappa shape index (κ1) is 15.7. The van der Waals surface area contributed by atoms with E-state index < -0.39 is 5.97 Å². The van der Waals surface area contributed by atoms with E-state index >= 15 is 0 Å². The lowest BCUT2D eigenvalue weighted by molar-refractivity contribution is 0.0602. The first-order valence-corrected chi connectivity index (χ1v) is 7.64. The Labute approximate surface area is 119 Å². The molecule has 1 aromatic rings. The zero-order valence-electron chi connectivity index (χ0n) is 12.0.